The van der Waals surface area contributed by atoms with Crippen LogP contribution in [0.2, 0.25) is 0 Å². The molecule has 78 heavy (non-hydrogen) atoms. The number of fused-ring (bicyclic) bond motifs is 3. The van der Waals surface area contributed by atoms with Crippen molar-refractivity contribution in [1.29, 1.82) is 0 Å². The van der Waals surface area contributed by atoms with Gasteiger partial charge in [-0.3, -0.25) is 19.2 Å². The fourth-order valence-corrected chi connectivity index (χ4v) is 12.2. The molecular formula is C61H98N2O15. The topological polar surface area (TPSA) is 217 Å². The zero-order chi connectivity index (χ0) is 57.1. The monoisotopic (exact) mass is 1100 g/mol. The highest BCUT2D eigenvalue weighted by Crippen LogP contribution is 2.38. The van der Waals surface area contributed by atoms with Gasteiger partial charge >= 0.3 is 5.97 Å². The molecule has 1 amide bonds. The largest absolute Gasteiger partial charge is 0.460 e. The summed E-state index contributed by atoms with van der Waals surface area (Å²) in [5, 5.41) is 33.8. The second-order valence-electron chi connectivity index (χ2n) is 23.5. The first-order chi connectivity index (χ1) is 37.2. The molecule has 0 radical (unpaired) electrons. The van der Waals surface area contributed by atoms with E-state index in [4.69, 9.17) is 33.2 Å². The number of amides is 1. The van der Waals surface area contributed by atoms with E-state index in [-0.39, 0.29) is 80.0 Å². The van der Waals surface area contributed by atoms with Crippen LogP contribution in [0.3, 0.4) is 0 Å². The molecule has 0 aromatic heterocycles. The minimum absolute atomic E-state index is 0.000473. The number of ketones is 3. The summed E-state index contributed by atoms with van der Waals surface area (Å²) in [6, 6.07) is -1.15. The molecule has 3 N–H and O–H groups in total. The van der Waals surface area contributed by atoms with Crippen LogP contribution in [0.25, 0.3) is 0 Å². The van der Waals surface area contributed by atoms with E-state index in [0.717, 1.165) is 50.8 Å². The third-order valence-corrected chi connectivity index (χ3v) is 17.2. The molecule has 5 aliphatic rings. The van der Waals surface area contributed by atoms with Gasteiger partial charge in [0.25, 0.3) is 11.7 Å². The van der Waals surface area contributed by atoms with E-state index in [1.54, 1.807) is 41.1 Å². The lowest BCUT2D eigenvalue weighted by molar-refractivity contribution is -0.266. The number of aliphatic hydroxyl groups excluding tert-OH is 2. The summed E-state index contributed by atoms with van der Waals surface area (Å²) >= 11 is 0. The number of nitrogens with zero attached hydrogens (tertiary/aromatic N) is 2. The number of methoxy groups -OCH3 is 3. The molecule has 16 atom stereocenters. The van der Waals surface area contributed by atoms with E-state index in [1.165, 1.54) is 12.0 Å². The predicted molar refractivity (Wildman–Crippen MR) is 296 cm³/mol. The lowest BCUT2D eigenvalue weighted by Crippen LogP contribution is -2.61. The normalized spacial score (nSPS) is 37.0. The van der Waals surface area contributed by atoms with Crippen LogP contribution in [0, 0.1) is 35.5 Å². The number of carbonyl (C=O) groups excluding carboxylic acids is 5. The van der Waals surface area contributed by atoms with Crippen LogP contribution in [0.15, 0.2) is 47.6 Å². The van der Waals surface area contributed by atoms with Gasteiger partial charge in [0.05, 0.1) is 43.7 Å². The Labute approximate surface area is 465 Å². The summed E-state index contributed by atoms with van der Waals surface area (Å²) in [5.74, 6) is -8.01. The van der Waals surface area contributed by atoms with Crippen LogP contribution in [-0.4, -0.2) is 182 Å². The standard InChI is InChI=1S/C61H98N2O15/c1-39-18-12-11-13-19-40(2)52(76-31-30-72-8)36-48-24-22-45(7)61(71,78-48)58(68)59(69)63-28-15-14-21-49(63)60(70)77-53(37-50(65)41(3)33-44(6)56(67)57(74-10)55(66)43(5)32-39)42(4)34-46-23-25-51(54(35-46)73-9)75-29-17-27-62-26-16-20-47(64)38-62/h11-13,18-19,33,39,41-43,45-49,51-54,56-57,64,67,71H,14-17,20-32,34-38H2,1-10H3/b13-11?,18-12+,40-19?,44-33+/t39-,41-,42-,43-,45-,46+,47+,48+,49?,51-,52?,53+,54-,56-,57+,61-/m1/s1. The minimum Gasteiger partial charge on any atom is -0.460 e. The number of β-amino-alcohol motifs (C(OH)–C–C–N with tert-alkyl or cyclic N) is 1. The van der Waals surface area contributed by atoms with Gasteiger partial charge in [-0.25, -0.2) is 4.79 Å². The number of carbonyl (C=O) groups is 5. The summed E-state index contributed by atoms with van der Waals surface area (Å²) in [6.45, 7) is 16.6. The van der Waals surface area contributed by atoms with Gasteiger partial charge in [0.15, 0.2) is 5.78 Å². The van der Waals surface area contributed by atoms with E-state index in [0.29, 0.717) is 70.3 Å². The Morgan fingerprint density at radius 3 is 2.28 bits per heavy atom. The molecule has 4 heterocycles. The number of rotatable bonds is 14. The number of ether oxygens (including phenoxy) is 7. The second-order valence-corrected chi connectivity index (χ2v) is 23.5. The fraction of sp³-hybridized carbons (Fsp3) is 0.787. The number of hydrogen-bond donors (Lipinski definition) is 3. The van der Waals surface area contributed by atoms with Crippen molar-refractivity contribution < 1.29 is 72.5 Å². The van der Waals surface area contributed by atoms with Crippen LogP contribution in [0.5, 0.6) is 0 Å². The fourth-order valence-electron chi connectivity index (χ4n) is 12.2. The van der Waals surface area contributed by atoms with Crippen molar-refractivity contribution >= 4 is 29.2 Å². The number of cyclic esters (lactones) is 1. The maximum absolute atomic E-state index is 14.7. The number of Topliss-reactive ketones (excluding diaryl/α,β-unsaturated/α-hetero) is 3. The molecule has 2 bridgehead atoms. The van der Waals surface area contributed by atoms with Crippen molar-refractivity contribution in [2.45, 2.75) is 205 Å². The predicted octanol–water partition coefficient (Wildman–Crippen LogP) is 7.07. The molecule has 1 saturated carbocycles. The average Bonchev–Trinajstić information content (AvgIpc) is 3.44. The van der Waals surface area contributed by atoms with Crippen molar-refractivity contribution in [3.8, 4) is 0 Å². The van der Waals surface area contributed by atoms with Gasteiger partial charge in [0, 0.05) is 78.2 Å². The molecule has 17 heteroatoms. The zero-order valence-corrected chi connectivity index (χ0v) is 48.8. The van der Waals surface area contributed by atoms with E-state index < -0.39 is 77.8 Å². The van der Waals surface area contributed by atoms with E-state index in [1.807, 2.05) is 58.1 Å². The smallest absolute Gasteiger partial charge is 0.329 e. The Bertz CT molecular complexity index is 2060. The molecule has 3 saturated heterocycles. The van der Waals surface area contributed by atoms with Gasteiger partial charge in [0.2, 0.25) is 5.79 Å². The van der Waals surface area contributed by atoms with Crippen molar-refractivity contribution in [3.05, 3.63) is 47.6 Å². The van der Waals surface area contributed by atoms with Crippen LogP contribution < -0.4 is 0 Å². The van der Waals surface area contributed by atoms with Gasteiger partial charge in [-0.15, -0.1) is 0 Å². The molecule has 442 valence electrons. The molecule has 0 spiro atoms. The van der Waals surface area contributed by atoms with E-state index in [9.17, 15) is 39.3 Å². The van der Waals surface area contributed by atoms with Crippen LogP contribution >= 0.6 is 0 Å². The highest BCUT2D eigenvalue weighted by atomic mass is 16.6. The molecule has 4 fully saturated rings. The third kappa shape index (κ3) is 18.8. The Balaban J connectivity index is 1.41. The van der Waals surface area contributed by atoms with Crippen LogP contribution in [-0.2, 0) is 57.1 Å². The van der Waals surface area contributed by atoms with Gasteiger partial charge < -0.3 is 58.3 Å². The first-order valence-corrected chi connectivity index (χ1v) is 29.3. The molecule has 4 aliphatic heterocycles. The highest BCUT2D eigenvalue weighted by molar-refractivity contribution is 6.39. The number of esters is 1. The van der Waals surface area contributed by atoms with Crippen molar-refractivity contribution in [3.63, 3.8) is 0 Å². The molecule has 17 nitrogen and oxygen atoms in total. The van der Waals surface area contributed by atoms with Crippen molar-refractivity contribution in [1.82, 2.24) is 9.80 Å². The van der Waals surface area contributed by atoms with Gasteiger partial charge in [-0.2, -0.15) is 0 Å². The summed E-state index contributed by atoms with van der Waals surface area (Å²) in [4.78, 5) is 75.4. The molecule has 0 aromatic carbocycles. The third-order valence-electron chi connectivity index (χ3n) is 17.2. The Hall–Kier alpha value is -3.49. The molecule has 1 aliphatic carbocycles. The first kappa shape index (κ1) is 65.3. The maximum Gasteiger partial charge on any atom is 0.329 e. The lowest BCUT2D eigenvalue weighted by atomic mass is 9.78. The Morgan fingerprint density at radius 1 is 0.795 bits per heavy atom. The Kier molecular flexibility index (Phi) is 27.0. The highest BCUT2D eigenvalue weighted by Gasteiger charge is 2.53. The van der Waals surface area contributed by atoms with Crippen LogP contribution in [0.1, 0.15) is 145 Å². The van der Waals surface area contributed by atoms with Crippen LogP contribution in [0.4, 0.5) is 0 Å². The maximum atomic E-state index is 14.7. The number of piperidine rings is 2. The van der Waals surface area contributed by atoms with Gasteiger partial charge in [0.1, 0.15) is 30.1 Å². The summed E-state index contributed by atoms with van der Waals surface area (Å²) in [6.07, 6.45) is 14.6. The summed E-state index contributed by atoms with van der Waals surface area (Å²) in [7, 11) is 4.66. The van der Waals surface area contributed by atoms with E-state index >= 15 is 0 Å². The molecule has 2 unspecified atom stereocenters. The number of allylic oxidation sites excluding steroid dienone is 6. The second kappa shape index (κ2) is 32.2. The average molecular weight is 1100 g/mol. The summed E-state index contributed by atoms with van der Waals surface area (Å²) < 4.78 is 42.2. The first-order valence-electron chi connectivity index (χ1n) is 29.3. The quantitative estimate of drug-likeness (QED) is 0.0686. The van der Waals surface area contributed by atoms with Crippen molar-refractivity contribution in [2.75, 3.05) is 67.3 Å². The van der Waals surface area contributed by atoms with E-state index in [2.05, 4.69) is 4.90 Å². The summed E-state index contributed by atoms with van der Waals surface area (Å²) in [5.41, 5.74) is 1.25. The number of likely N-dealkylation sites (tertiary alicyclic amines) is 1. The zero-order valence-electron chi connectivity index (χ0n) is 48.8. The van der Waals surface area contributed by atoms with Gasteiger partial charge in [-0.1, -0.05) is 71.1 Å². The lowest BCUT2D eigenvalue weighted by Gasteiger charge is -2.43. The molecule has 0 aromatic rings. The minimum atomic E-state index is -2.46. The SMILES string of the molecule is COCCOC1C[C@@H]2CC[C@@H](C)[C@@](O)(O2)C(=O)C(=O)N2CCCCC2C(=O)O[C@H]([C@H](C)C[C@@H]2CC[C@@H](OCCCN3CCC[C@H](O)C3)[C@H](OC)C2)CC(=O)[C@H](C)/C=C(\C)[C@@H](O)[C@@H](OC)C(=O)[C@H](C)C[C@H](C)/C=C/C=CC=C1C. The number of hydrogen-bond acceptors (Lipinski definition) is 16. The molecule has 5 rings (SSSR count). The Morgan fingerprint density at radius 2 is 1.56 bits per heavy atom. The van der Waals surface area contributed by atoms with Gasteiger partial charge in [-0.05, 0) is 133 Å². The van der Waals surface area contributed by atoms with Crippen molar-refractivity contribution in [2.24, 2.45) is 35.5 Å². The number of aliphatic hydroxyl groups is 3. The molecular weight excluding hydrogens is 1000 g/mol.